The first-order chi connectivity index (χ1) is 9.56. The van der Waals surface area contributed by atoms with Crippen molar-refractivity contribution in [1.82, 2.24) is 4.90 Å². The number of rotatable bonds is 1. The van der Waals surface area contributed by atoms with E-state index in [0.29, 0.717) is 17.2 Å². The molecular weight excluding hydrogens is 281 g/mol. The highest BCUT2D eigenvalue weighted by atomic mass is 35.5. The van der Waals surface area contributed by atoms with Gasteiger partial charge in [-0.1, -0.05) is 18.5 Å². The number of ether oxygens (including phenoxy) is 1. The average molecular weight is 300 g/mol. The lowest BCUT2D eigenvalue weighted by atomic mass is 9.92. The summed E-state index contributed by atoms with van der Waals surface area (Å²) in [6.45, 7) is 4.24. The molecular formula is C15H19ClFNO2. The molecule has 3 rings (SSSR count). The van der Waals surface area contributed by atoms with Crippen LogP contribution in [0.2, 0.25) is 5.02 Å². The van der Waals surface area contributed by atoms with Crippen LogP contribution in [-0.2, 0) is 0 Å². The van der Waals surface area contributed by atoms with E-state index in [0.717, 1.165) is 19.5 Å². The van der Waals surface area contributed by atoms with E-state index < -0.39 is 6.10 Å². The molecule has 1 aromatic carbocycles. The molecule has 0 aliphatic carbocycles. The molecule has 1 aromatic rings. The third kappa shape index (κ3) is 2.52. The Kier molecular flexibility index (Phi) is 3.89. The highest BCUT2D eigenvalue weighted by molar-refractivity contribution is 6.32. The first kappa shape index (κ1) is 14.1. The highest BCUT2D eigenvalue weighted by Gasteiger charge is 2.37. The number of benzene rings is 1. The lowest BCUT2D eigenvalue weighted by molar-refractivity contribution is -0.0141. The number of fused-ring (bicyclic) bond motifs is 1. The van der Waals surface area contributed by atoms with Gasteiger partial charge in [-0.15, -0.1) is 0 Å². The minimum absolute atomic E-state index is 0.202. The highest BCUT2D eigenvalue weighted by Crippen LogP contribution is 2.42. The van der Waals surface area contributed by atoms with Gasteiger partial charge in [-0.05, 0) is 37.4 Å². The third-order valence-electron chi connectivity index (χ3n) is 4.20. The summed E-state index contributed by atoms with van der Waals surface area (Å²) in [4.78, 5) is 2.23. The summed E-state index contributed by atoms with van der Waals surface area (Å²) in [5.41, 5.74) is 0.669. The SMILES string of the molecule is CC1CCCN(C2c3cc(F)cc(Cl)c3OCC2O)C1. The average Bonchev–Trinajstić information content (AvgIpc) is 2.37. The molecule has 0 radical (unpaired) electrons. The Labute approximate surface area is 123 Å². The molecule has 1 saturated heterocycles. The lowest BCUT2D eigenvalue weighted by Crippen LogP contribution is -2.46. The Hall–Kier alpha value is -0.840. The van der Waals surface area contributed by atoms with Crippen molar-refractivity contribution < 1.29 is 14.2 Å². The van der Waals surface area contributed by atoms with E-state index in [9.17, 15) is 9.50 Å². The minimum atomic E-state index is -0.648. The van der Waals surface area contributed by atoms with Gasteiger partial charge in [0.2, 0.25) is 0 Å². The van der Waals surface area contributed by atoms with E-state index in [1.54, 1.807) is 0 Å². The Morgan fingerprint density at radius 2 is 2.25 bits per heavy atom. The van der Waals surface area contributed by atoms with Gasteiger partial charge in [0.05, 0.1) is 11.1 Å². The first-order valence-corrected chi connectivity index (χ1v) is 7.48. The van der Waals surface area contributed by atoms with Crippen molar-refractivity contribution in [2.24, 2.45) is 5.92 Å². The number of aliphatic hydroxyl groups excluding tert-OH is 1. The molecule has 0 aromatic heterocycles. The summed E-state index contributed by atoms with van der Waals surface area (Å²) >= 11 is 6.06. The van der Waals surface area contributed by atoms with Gasteiger partial charge in [0.25, 0.3) is 0 Å². The second kappa shape index (κ2) is 5.51. The van der Waals surface area contributed by atoms with E-state index in [4.69, 9.17) is 16.3 Å². The molecule has 3 unspecified atom stereocenters. The van der Waals surface area contributed by atoms with Gasteiger partial charge < -0.3 is 9.84 Å². The van der Waals surface area contributed by atoms with Crippen LogP contribution in [0.1, 0.15) is 31.4 Å². The van der Waals surface area contributed by atoms with Crippen molar-refractivity contribution in [3.8, 4) is 5.75 Å². The fraction of sp³-hybridized carbons (Fsp3) is 0.600. The smallest absolute Gasteiger partial charge is 0.143 e. The van der Waals surface area contributed by atoms with Crippen molar-refractivity contribution >= 4 is 11.6 Å². The number of hydrogen-bond donors (Lipinski definition) is 1. The standard InChI is InChI=1S/C15H19ClFNO2/c1-9-3-2-4-18(7-9)14-11-5-10(17)6-12(16)15(11)20-8-13(14)19/h5-6,9,13-14,19H,2-4,7-8H2,1H3. The van der Waals surface area contributed by atoms with Crippen LogP contribution >= 0.6 is 11.6 Å². The van der Waals surface area contributed by atoms with Crippen molar-refractivity contribution in [3.63, 3.8) is 0 Å². The maximum Gasteiger partial charge on any atom is 0.143 e. The molecule has 3 atom stereocenters. The Morgan fingerprint density at radius 1 is 1.45 bits per heavy atom. The predicted octanol–water partition coefficient (Wildman–Crippen LogP) is 3.01. The lowest BCUT2D eigenvalue weighted by Gasteiger charge is -2.42. The number of halogens is 2. The molecule has 0 spiro atoms. The Bertz CT molecular complexity index is 511. The van der Waals surface area contributed by atoms with Gasteiger partial charge in [0, 0.05) is 12.1 Å². The van der Waals surface area contributed by atoms with E-state index in [2.05, 4.69) is 11.8 Å². The van der Waals surface area contributed by atoms with Gasteiger partial charge in [-0.25, -0.2) is 4.39 Å². The summed E-state index contributed by atoms with van der Waals surface area (Å²) in [7, 11) is 0. The zero-order chi connectivity index (χ0) is 14.3. The Morgan fingerprint density at radius 3 is 3.00 bits per heavy atom. The Balaban J connectivity index is 1.98. The van der Waals surface area contributed by atoms with Gasteiger partial charge in [-0.2, -0.15) is 0 Å². The van der Waals surface area contributed by atoms with E-state index in [-0.39, 0.29) is 23.5 Å². The van der Waals surface area contributed by atoms with Gasteiger partial charge in [-0.3, -0.25) is 4.90 Å². The van der Waals surface area contributed by atoms with E-state index in [1.807, 2.05) is 0 Å². The second-order valence-electron chi connectivity index (χ2n) is 5.87. The van der Waals surface area contributed by atoms with Crippen LogP contribution in [0.15, 0.2) is 12.1 Å². The summed E-state index contributed by atoms with van der Waals surface area (Å²) < 4.78 is 19.2. The van der Waals surface area contributed by atoms with Crippen LogP contribution in [0, 0.1) is 11.7 Å². The molecule has 2 aliphatic rings. The maximum atomic E-state index is 13.7. The number of aliphatic hydroxyl groups is 1. The molecule has 20 heavy (non-hydrogen) atoms. The van der Waals surface area contributed by atoms with E-state index >= 15 is 0 Å². The topological polar surface area (TPSA) is 32.7 Å². The summed E-state index contributed by atoms with van der Waals surface area (Å²) in [5, 5.41) is 10.6. The van der Waals surface area contributed by atoms with Crippen LogP contribution in [-0.4, -0.2) is 35.8 Å². The minimum Gasteiger partial charge on any atom is -0.489 e. The van der Waals surface area contributed by atoms with Crippen molar-refractivity contribution in [2.45, 2.75) is 31.9 Å². The molecule has 2 heterocycles. The molecule has 0 amide bonds. The molecule has 1 N–H and O–H groups in total. The molecule has 0 bridgehead atoms. The summed E-state index contributed by atoms with van der Waals surface area (Å²) in [6, 6.07) is 2.47. The quantitative estimate of drug-likeness (QED) is 0.865. The van der Waals surface area contributed by atoms with E-state index in [1.165, 1.54) is 18.6 Å². The second-order valence-corrected chi connectivity index (χ2v) is 6.28. The molecule has 3 nitrogen and oxygen atoms in total. The van der Waals surface area contributed by atoms with Crippen LogP contribution in [0.4, 0.5) is 4.39 Å². The number of piperidine rings is 1. The predicted molar refractivity (Wildman–Crippen MR) is 75.6 cm³/mol. The van der Waals surface area contributed by atoms with Gasteiger partial charge in [0.15, 0.2) is 0 Å². The fourth-order valence-corrected chi connectivity index (χ4v) is 3.61. The third-order valence-corrected chi connectivity index (χ3v) is 4.48. The monoisotopic (exact) mass is 299 g/mol. The van der Waals surface area contributed by atoms with Crippen LogP contribution < -0.4 is 4.74 Å². The fourth-order valence-electron chi connectivity index (χ4n) is 3.34. The van der Waals surface area contributed by atoms with Crippen LogP contribution in [0.3, 0.4) is 0 Å². The number of hydrogen-bond acceptors (Lipinski definition) is 3. The van der Waals surface area contributed by atoms with Crippen molar-refractivity contribution in [2.75, 3.05) is 19.7 Å². The zero-order valence-corrected chi connectivity index (χ0v) is 12.2. The molecule has 0 saturated carbocycles. The molecule has 2 aliphatic heterocycles. The van der Waals surface area contributed by atoms with Crippen molar-refractivity contribution in [3.05, 3.63) is 28.5 Å². The summed E-state index contributed by atoms with van der Waals surface area (Å²) in [5.74, 6) is 0.717. The molecule has 5 heteroatoms. The molecule has 1 fully saturated rings. The zero-order valence-electron chi connectivity index (χ0n) is 11.5. The molecule has 110 valence electrons. The normalized spacial score (nSPS) is 30.7. The van der Waals surface area contributed by atoms with Gasteiger partial charge in [0.1, 0.15) is 24.3 Å². The first-order valence-electron chi connectivity index (χ1n) is 7.10. The number of likely N-dealkylation sites (tertiary alicyclic amines) is 1. The summed E-state index contributed by atoms with van der Waals surface area (Å²) in [6.07, 6.45) is 1.65. The number of nitrogens with zero attached hydrogens (tertiary/aromatic N) is 1. The van der Waals surface area contributed by atoms with Gasteiger partial charge >= 0.3 is 0 Å². The maximum absolute atomic E-state index is 13.7. The van der Waals surface area contributed by atoms with Crippen LogP contribution in [0.5, 0.6) is 5.75 Å². The van der Waals surface area contributed by atoms with Crippen molar-refractivity contribution in [1.29, 1.82) is 0 Å². The largest absolute Gasteiger partial charge is 0.489 e. The van der Waals surface area contributed by atoms with Crippen LogP contribution in [0.25, 0.3) is 0 Å².